The zero-order valence-corrected chi connectivity index (χ0v) is 10.9. The molecule has 0 atom stereocenters. The second-order valence-electron chi connectivity index (χ2n) is 3.27. The molecule has 2 aromatic carbocycles. The van der Waals surface area contributed by atoms with Gasteiger partial charge in [-0.05, 0) is 6.42 Å². The minimum atomic E-state index is -0.225. The molecule has 0 spiro atoms. The zero-order valence-electron chi connectivity index (χ0n) is 9.78. The van der Waals surface area contributed by atoms with E-state index in [4.69, 9.17) is 4.74 Å². The Morgan fingerprint density at radius 2 is 1.59 bits per heavy atom. The van der Waals surface area contributed by atoms with Crippen LogP contribution in [0.25, 0.3) is 0 Å². The molecule has 0 fully saturated rings. The molecule has 0 N–H and O–H groups in total. The molecule has 0 amide bonds. The Morgan fingerprint density at radius 1 is 1.12 bits per heavy atom. The van der Waals surface area contributed by atoms with Crippen molar-refractivity contribution < 1.29 is 26.6 Å². The summed E-state index contributed by atoms with van der Waals surface area (Å²) in [4.78, 5) is 11.0. The number of ether oxygens (including phenoxy) is 1. The van der Waals surface area contributed by atoms with Gasteiger partial charge in [0.1, 0.15) is 0 Å². The molecule has 2 aromatic rings. The Hall–Kier alpha value is -1.31. The molecule has 17 heavy (non-hydrogen) atoms. The van der Waals surface area contributed by atoms with Gasteiger partial charge in [-0.2, -0.15) is 12.1 Å². The van der Waals surface area contributed by atoms with E-state index in [1.165, 1.54) is 0 Å². The maximum Gasteiger partial charge on any atom is 0.281 e. The van der Waals surface area contributed by atoms with Crippen molar-refractivity contribution in [2.75, 3.05) is 6.61 Å². The van der Waals surface area contributed by atoms with Gasteiger partial charge in [0.05, 0.1) is 6.61 Å². The van der Waals surface area contributed by atoms with E-state index >= 15 is 0 Å². The van der Waals surface area contributed by atoms with E-state index in [1.807, 2.05) is 49.4 Å². The molecule has 0 aliphatic rings. The van der Waals surface area contributed by atoms with Crippen molar-refractivity contribution in [2.45, 2.75) is 13.3 Å². The summed E-state index contributed by atoms with van der Waals surface area (Å²) in [6, 6.07) is 17.1. The maximum absolute atomic E-state index is 11.0. The van der Waals surface area contributed by atoms with E-state index in [0.717, 1.165) is 6.42 Å². The standard InChI is InChI=1S/C9H11O2.C5H5.Fe/c1-2-7-11-9(10)8-5-3-4-6-8;1-2-4-5-3-1;/h3-6H,2,7H2,1H3;1-5H;/q-1;-5;. The predicted molar refractivity (Wildman–Crippen MR) is 64.6 cm³/mol. The van der Waals surface area contributed by atoms with Gasteiger partial charge >= 0.3 is 0 Å². The number of rotatable bonds is 3. The van der Waals surface area contributed by atoms with Gasteiger partial charge in [-0.15, -0.1) is 0 Å². The molecule has 0 heterocycles. The quantitative estimate of drug-likeness (QED) is 0.486. The third-order valence-corrected chi connectivity index (χ3v) is 1.89. The normalized spacial score (nSPS) is 8.53. The fourth-order valence-corrected chi connectivity index (χ4v) is 1.11. The molecule has 2 nitrogen and oxygen atoms in total. The molecule has 0 saturated carbocycles. The molecule has 0 radical (unpaired) electrons. The Balaban J connectivity index is 0.000000360. The van der Waals surface area contributed by atoms with Crippen molar-refractivity contribution in [3.63, 3.8) is 0 Å². The molecule has 0 aliphatic carbocycles. The summed E-state index contributed by atoms with van der Waals surface area (Å²) in [6.07, 6.45) is 0.868. The first kappa shape index (κ1) is 15.7. The van der Waals surface area contributed by atoms with Gasteiger partial charge in [-0.3, -0.25) is 4.79 Å². The van der Waals surface area contributed by atoms with Crippen LogP contribution in [-0.2, 0) is 21.8 Å². The van der Waals surface area contributed by atoms with Gasteiger partial charge in [0.2, 0.25) is 0 Å². The molecule has 3 heteroatoms. The first-order valence-electron chi connectivity index (χ1n) is 5.40. The van der Waals surface area contributed by atoms with Gasteiger partial charge in [-0.25, -0.2) is 12.1 Å². The summed E-state index contributed by atoms with van der Waals surface area (Å²) in [7, 11) is 0. The average Bonchev–Trinajstić information content (AvgIpc) is 2.98. The number of hydrogen-bond donors (Lipinski definition) is 0. The van der Waals surface area contributed by atoms with Gasteiger partial charge in [0.15, 0.2) is 0 Å². The van der Waals surface area contributed by atoms with Crippen LogP contribution < -0.4 is 0 Å². The Kier molecular flexibility index (Phi) is 9.12. The van der Waals surface area contributed by atoms with Crippen molar-refractivity contribution in [1.82, 2.24) is 0 Å². The summed E-state index contributed by atoms with van der Waals surface area (Å²) in [5, 5.41) is 0. The first-order chi connectivity index (χ1) is 7.84. The van der Waals surface area contributed by atoms with E-state index in [0.29, 0.717) is 12.2 Å². The minimum Gasteiger partial charge on any atom is -0.748 e. The molecule has 0 aliphatic heterocycles. The van der Waals surface area contributed by atoms with E-state index in [2.05, 4.69) is 0 Å². The van der Waals surface area contributed by atoms with Crippen LogP contribution in [0.1, 0.15) is 23.7 Å². The molecular weight excluding hydrogens is 256 g/mol. The molecule has 98 valence electrons. The number of carbonyl (C=O) groups is 1. The SMILES string of the molecule is CCCOC(=O)[c-]1cccc1.[Fe].[cH-]1[cH-][cH-][cH-][cH-]1. The van der Waals surface area contributed by atoms with E-state index in [-0.39, 0.29) is 23.0 Å². The molecule has 0 saturated heterocycles. The van der Waals surface area contributed by atoms with Gasteiger partial charge in [0, 0.05) is 17.1 Å². The van der Waals surface area contributed by atoms with E-state index in [9.17, 15) is 4.79 Å². The zero-order chi connectivity index (χ0) is 11.6. The second-order valence-corrected chi connectivity index (χ2v) is 3.27. The van der Waals surface area contributed by atoms with Gasteiger partial charge in [0.25, 0.3) is 5.97 Å². The Labute approximate surface area is 113 Å². The largest absolute Gasteiger partial charge is 0.748 e. The molecular formula is C14H16FeO2-6. The molecule has 0 unspecified atom stereocenters. The second kappa shape index (κ2) is 9.88. The van der Waals surface area contributed by atoms with Crippen LogP contribution in [0, 0.1) is 0 Å². The van der Waals surface area contributed by atoms with E-state index < -0.39 is 0 Å². The van der Waals surface area contributed by atoms with Crippen molar-refractivity contribution in [1.29, 1.82) is 0 Å². The maximum atomic E-state index is 11.0. The Bertz CT molecular complexity index is 346. The van der Waals surface area contributed by atoms with Crippen LogP contribution in [0.5, 0.6) is 0 Å². The van der Waals surface area contributed by atoms with Crippen molar-refractivity contribution in [2.24, 2.45) is 0 Å². The summed E-state index contributed by atoms with van der Waals surface area (Å²) >= 11 is 0. The van der Waals surface area contributed by atoms with Crippen LogP contribution >= 0.6 is 0 Å². The van der Waals surface area contributed by atoms with Crippen molar-refractivity contribution in [3.8, 4) is 0 Å². The third-order valence-electron chi connectivity index (χ3n) is 1.89. The van der Waals surface area contributed by atoms with Crippen LogP contribution in [0.3, 0.4) is 0 Å². The summed E-state index contributed by atoms with van der Waals surface area (Å²) in [5.41, 5.74) is 0.637. The number of hydrogen-bond acceptors (Lipinski definition) is 2. The monoisotopic (exact) mass is 272 g/mol. The summed E-state index contributed by atoms with van der Waals surface area (Å²) in [6.45, 7) is 2.47. The van der Waals surface area contributed by atoms with E-state index in [1.54, 1.807) is 12.1 Å². The third kappa shape index (κ3) is 6.77. The van der Waals surface area contributed by atoms with Crippen molar-refractivity contribution in [3.05, 3.63) is 60.2 Å². The van der Waals surface area contributed by atoms with Crippen LogP contribution in [0.15, 0.2) is 54.6 Å². The van der Waals surface area contributed by atoms with Gasteiger partial charge in [-0.1, -0.05) is 12.5 Å². The summed E-state index contributed by atoms with van der Waals surface area (Å²) in [5.74, 6) is -0.225. The molecule has 0 aromatic heterocycles. The van der Waals surface area contributed by atoms with Crippen LogP contribution in [0.4, 0.5) is 0 Å². The first-order valence-corrected chi connectivity index (χ1v) is 5.40. The fraction of sp³-hybridized carbons (Fsp3) is 0.214. The smallest absolute Gasteiger partial charge is 0.281 e. The van der Waals surface area contributed by atoms with Crippen molar-refractivity contribution >= 4 is 5.97 Å². The molecule has 0 bridgehead atoms. The fourth-order valence-electron chi connectivity index (χ4n) is 1.11. The predicted octanol–water partition coefficient (Wildman–Crippen LogP) is 3.38. The number of esters is 1. The topological polar surface area (TPSA) is 26.3 Å². The Morgan fingerprint density at radius 3 is 2.00 bits per heavy atom. The average molecular weight is 272 g/mol. The minimum absolute atomic E-state index is 0. The van der Waals surface area contributed by atoms with Gasteiger partial charge < -0.3 is 35.1 Å². The van der Waals surface area contributed by atoms with Crippen LogP contribution in [-0.4, -0.2) is 12.6 Å². The summed E-state index contributed by atoms with van der Waals surface area (Å²) < 4.78 is 4.90. The number of carbonyl (C=O) groups excluding carboxylic acids is 1. The molecule has 2 rings (SSSR count). The van der Waals surface area contributed by atoms with Crippen LogP contribution in [0.2, 0.25) is 0 Å².